The van der Waals surface area contributed by atoms with E-state index < -0.39 is 0 Å². The van der Waals surface area contributed by atoms with Crippen LogP contribution in [0.4, 0.5) is 5.69 Å². The highest BCUT2D eigenvalue weighted by molar-refractivity contribution is 8.00. The van der Waals surface area contributed by atoms with Gasteiger partial charge >= 0.3 is 0 Å². The Morgan fingerprint density at radius 3 is 2.91 bits per heavy atom. The molecule has 118 valence electrons. The van der Waals surface area contributed by atoms with Gasteiger partial charge in [-0.25, -0.2) is 4.98 Å². The average Bonchev–Trinajstić information content (AvgIpc) is 3.06. The van der Waals surface area contributed by atoms with Gasteiger partial charge in [0.25, 0.3) is 0 Å². The first-order chi connectivity index (χ1) is 10.7. The molecule has 2 aliphatic rings. The van der Waals surface area contributed by atoms with Crippen molar-refractivity contribution in [1.29, 1.82) is 0 Å². The summed E-state index contributed by atoms with van der Waals surface area (Å²) in [6.45, 7) is 4.39. The zero-order chi connectivity index (χ0) is 15.5. The molecule has 2 amide bonds. The van der Waals surface area contributed by atoms with Crippen LogP contribution in [0.5, 0.6) is 0 Å². The lowest BCUT2D eigenvalue weighted by Gasteiger charge is -2.33. The second-order valence-electron chi connectivity index (χ2n) is 5.72. The predicted molar refractivity (Wildman–Crippen MR) is 87.0 cm³/mol. The maximum atomic E-state index is 12.7. The maximum absolute atomic E-state index is 12.7. The summed E-state index contributed by atoms with van der Waals surface area (Å²) in [6, 6.07) is 3.78. The van der Waals surface area contributed by atoms with Gasteiger partial charge in [-0.05, 0) is 31.4 Å². The van der Waals surface area contributed by atoms with Gasteiger partial charge < -0.3 is 9.80 Å². The number of aromatic nitrogens is 1. The molecule has 1 aromatic rings. The molecular weight excluding hydrogens is 298 g/mol. The van der Waals surface area contributed by atoms with Crippen molar-refractivity contribution in [1.82, 2.24) is 9.88 Å². The van der Waals surface area contributed by atoms with E-state index in [9.17, 15) is 9.59 Å². The highest BCUT2D eigenvalue weighted by Crippen LogP contribution is 2.39. The average molecular weight is 319 g/mol. The van der Waals surface area contributed by atoms with Gasteiger partial charge in [0.1, 0.15) is 5.03 Å². The number of amides is 2. The number of thioether (sulfide) groups is 1. The number of pyridine rings is 1. The molecule has 5 nitrogen and oxygen atoms in total. The van der Waals surface area contributed by atoms with Gasteiger partial charge in [-0.3, -0.25) is 9.59 Å². The summed E-state index contributed by atoms with van der Waals surface area (Å²) in [5, 5.41) is 0.511. The van der Waals surface area contributed by atoms with E-state index >= 15 is 0 Å². The Morgan fingerprint density at radius 1 is 1.41 bits per heavy atom. The summed E-state index contributed by atoms with van der Waals surface area (Å²) in [6.07, 6.45) is 5.05. The van der Waals surface area contributed by atoms with E-state index in [2.05, 4.69) is 11.9 Å². The van der Waals surface area contributed by atoms with E-state index in [0.29, 0.717) is 6.54 Å². The van der Waals surface area contributed by atoms with Gasteiger partial charge in [0.2, 0.25) is 11.8 Å². The Hall–Kier alpha value is -1.56. The van der Waals surface area contributed by atoms with Crippen LogP contribution in [0, 0.1) is 0 Å². The van der Waals surface area contributed by atoms with Crippen LogP contribution in [0.25, 0.3) is 0 Å². The van der Waals surface area contributed by atoms with E-state index in [-0.39, 0.29) is 23.5 Å². The van der Waals surface area contributed by atoms with Gasteiger partial charge in [0.05, 0.1) is 10.9 Å². The number of likely N-dealkylation sites (tertiary alicyclic amines) is 1. The summed E-state index contributed by atoms with van der Waals surface area (Å²) in [5.74, 6) is 0.138. The van der Waals surface area contributed by atoms with Crippen LogP contribution in [0.2, 0.25) is 0 Å². The Labute approximate surface area is 135 Å². The third-order valence-corrected chi connectivity index (χ3v) is 5.29. The van der Waals surface area contributed by atoms with Crippen molar-refractivity contribution in [3.63, 3.8) is 0 Å². The first kappa shape index (κ1) is 15.3. The van der Waals surface area contributed by atoms with E-state index in [1.54, 1.807) is 11.1 Å². The standard InChI is InChI=1S/C16H21N3O2S/c1-2-8-19-12-6-5-7-17-15(12)22-13(16(19)21)11-14(20)18-9-3-4-10-18/h5-7,13H,2-4,8-11H2,1H3/t13-/m0/s1. The monoisotopic (exact) mass is 319 g/mol. The van der Waals surface area contributed by atoms with E-state index in [4.69, 9.17) is 0 Å². The molecule has 0 saturated carbocycles. The third kappa shape index (κ3) is 2.97. The minimum Gasteiger partial charge on any atom is -0.343 e. The normalized spacial score (nSPS) is 21.1. The maximum Gasteiger partial charge on any atom is 0.241 e. The van der Waals surface area contributed by atoms with E-state index in [1.807, 2.05) is 17.0 Å². The molecule has 0 radical (unpaired) electrons. The highest BCUT2D eigenvalue weighted by atomic mass is 32.2. The molecule has 1 saturated heterocycles. The van der Waals surface area contributed by atoms with Gasteiger partial charge in [-0.2, -0.15) is 0 Å². The Kier molecular flexibility index (Phi) is 4.66. The Morgan fingerprint density at radius 2 is 2.18 bits per heavy atom. The second-order valence-corrected chi connectivity index (χ2v) is 6.91. The zero-order valence-corrected chi connectivity index (χ0v) is 13.6. The molecule has 1 fully saturated rings. The number of hydrogen-bond donors (Lipinski definition) is 0. The summed E-state index contributed by atoms with van der Waals surface area (Å²) >= 11 is 1.43. The van der Waals surface area contributed by atoms with Gasteiger partial charge in [0.15, 0.2) is 0 Å². The molecule has 22 heavy (non-hydrogen) atoms. The molecular formula is C16H21N3O2S. The molecule has 0 spiro atoms. The molecule has 3 heterocycles. The van der Waals surface area contributed by atoms with Crippen molar-refractivity contribution in [2.24, 2.45) is 0 Å². The first-order valence-electron chi connectivity index (χ1n) is 7.91. The molecule has 6 heteroatoms. The van der Waals surface area contributed by atoms with Crippen molar-refractivity contribution < 1.29 is 9.59 Å². The fraction of sp³-hybridized carbons (Fsp3) is 0.562. The van der Waals surface area contributed by atoms with Gasteiger partial charge in [-0.1, -0.05) is 18.7 Å². The largest absolute Gasteiger partial charge is 0.343 e. The predicted octanol–water partition coefficient (Wildman–Crippen LogP) is 2.31. The van der Waals surface area contributed by atoms with Crippen molar-refractivity contribution >= 4 is 29.3 Å². The topological polar surface area (TPSA) is 53.5 Å². The number of carbonyl (C=O) groups is 2. The van der Waals surface area contributed by atoms with Crippen molar-refractivity contribution in [2.75, 3.05) is 24.5 Å². The fourth-order valence-corrected chi connectivity index (χ4v) is 4.14. The van der Waals surface area contributed by atoms with E-state index in [0.717, 1.165) is 43.1 Å². The van der Waals surface area contributed by atoms with Crippen LogP contribution >= 0.6 is 11.8 Å². The van der Waals surface area contributed by atoms with Crippen LogP contribution in [0.3, 0.4) is 0 Å². The van der Waals surface area contributed by atoms with Crippen molar-refractivity contribution in [3.8, 4) is 0 Å². The zero-order valence-electron chi connectivity index (χ0n) is 12.8. The molecule has 0 bridgehead atoms. The third-order valence-electron chi connectivity index (χ3n) is 4.10. The van der Waals surface area contributed by atoms with Crippen molar-refractivity contribution in [3.05, 3.63) is 18.3 Å². The minimum atomic E-state index is -0.345. The molecule has 0 aliphatic carbocycles. The second kappa shape index (κ2) is 6.69. The number of anilines is 1. The number of nitrogens with zero attached hydrogens (tertiary/aromatic N) is 3. The molecule has 1 atom stereocenters. The first-order valence-corrected chi connectivity index (χ1v) is 8.79. The van der Waals surface area contributed by atoms with Gasteiger partial charge in [0, 0.05) is 32.3 Å². The lowest BCUT2D eigenvalue weighted by molar-refractivity contribution is -0.132. The van der Waals surface area contributed by atoms with Crippen LogP contribution in [0.1, 0.15) is 32.6 Å². The van der Waals surface area contributed by atoms with Gasteiger partial charge in [-0.15, -0.1) is 0 Å². The lowest BCUT2D eigenvalue weighted by atomic mass is 10.2. The highest BCUT2D eigenvalue weighted by Gasteiger charge is 2.36. The molecule has 0 N–H and O–H groups in total. The van der Waals surface area contributed by atoms with Crippen LogP contribution in [-0.2, 0) is 9.59 Å². The summed E-state index contributed by atoms with van der Waals surface area (Å²) < 4.78 is 0. The molecule has 0 unspecified atom stereocenters. The lowest BCUT2D eigenvalue weighted by Crippen LogP contribution is -2.44. The summed E-state index contributed by atoms with van der Waals surface area (Å²) in [7, 11) is 0. The van der Waals surface area contributed by atoms with Crippen molar-refractivity contribution in [2.45, 2.75) is 42.9 Å². The van der Waals surface area contributed by atoms with E-state index in [1.165, 1.54) is 11.8 Å². The molecule has 1 aromatic heterocycles. The van der Waals surface area contributed by atoms with Crippen LogP contribution < -0.4 is 4.90 Å². The van der Waals surface area contributed by atoms with Crippen LogP contribution in [0.15, 0.2) is 23.4 Å². The minimum absolute atomic E-state index is 0.0416. The smallest absolute Gasteiger partial charge is 0.241 e. The Bertz CT molecular complexity index is 572. The number of fused-ring (bicyclic) bond motifs is 1. The number of carbonyl (C=O) groups excluding carboxylic acids is 2. The molecule has 0 aromatic carbocycles. The molecule has 2 aliphatic heterocycles. The molecule has 3 rings (SSSR count). The number of hydrogen-bond acceptors (Lipinski definition) is 4. The summed E-state index contributed by atoms with van der Waals surface area (Å²) in [5.41, 5.74) is 0.879. The quantitative estimate of drug-likeness (QED) is 0.854. The van der Waals surface area contributed by atoms with Crippen LogP contribution in [-0.4, -0.2) is 46.6 Å². The summed E-state index contributed by atoms with van der Waals surface area (Å²) in [4.78, 5) is 33.2. The number of rotatable bonds is 4. The SMILES string of the molecule is CCCN1C(=O)[C@H](CC(=O)N2CCCC2)Sc2ncccc21. The Balaban J connectivity index is 1.78. The fourth-order valence-electron chi connectivity index (χ4n) is 2.99.